The van der Waals surface area contributed by atoms with E-state index in [4.69, 9.17) is 4.98 Å². The molecule has 0 radical (unpaired) electrons. The van der Waals surface area contributed by atoms with Gasteiger partial charge in [0, 0.05) is 41.2 Å². The van der Waals surface area contributed by atoms with Crippen LogP contribution >= 0.6 is 22.7 Å². The maximum Gasteiger partial charge on any atom is 0.124 e. The molecule has 0 saturated carbocycles. The van der Waals surface area contributed by atoms with Gasteiger partial charge in [-0.2, -0.15) is 16.4 Å². The fraction of sp³-hybridized carbons (Fsp3) is 0.158. The van der Waals surface area contributed by atoms with Crippen LogP contribution in [0.1, 0.15) is 11.3 Å². The van der Waals surface area contributed by atoms with E-state index in [9.17, 15) is 0 Å². The normalized spacial score (nSPS) is 11.3. The molecular weight excluding hydrogens is 348 g/mol. The smallest absolute Gasteiger partial charge is 0.124 e. The Hall–Kier alpha value is -2.28. The lowest BCUT2D eigenvalue weighted by Crippen LogP contribution is -2.17. The number of nitrogens with zero attached hydrogens (tertiary/aromatic N) is 4. The Bertz CT molecular complexity index is 925. The Labute approximate surface area is 155 Å². The number of hydrogen-bond acceptors (Lipinski definition) is 5. The molecule has 0 aliphatic heterocycles. The zero-order valence-corrected chi connectivity index (χ0v) is 15.5. The molecule has 0 fully saturated rings. The summed E-state index contributed by atoms with van der Waals surface area (Å²) in [6.07, 6.45) is 4.02. The van der Waals surface area contributed by atoms with Crippen molar-refractivity contribution in [2.45, 2.75) is 13.1 Å². The van der Waals surface area contributed by atoms with Crippen molar-refractivity contribution in [3.63, 3.8) is 0 Å². The topological polar surface area (TPSA) is 34.0 Å². The summed E-state index contributed by atoms with van der Waals surface area (Å²) in [5, 5.41) is 11.9. The van der Waals surface area contributed by atoms with Crippen LogP contribution in [-0.2, 0) is 13.1 Å². The van der Waals surface area contributed by atoms with Crippen LogP contribution in [0.5, 0.6) is 0 Å². The van der Waals surface area contributed by atoms with Crippen LogP contribution in [0.25, 0.3) is 16.3 Å². The van der Waals surface area contributed by atoms with E-state index in [1.165, 1.54) is 11.1 Å². The molecule has 0 amide bonds. The number of para-hydroxylation sites is 1. The van der Waals surface area contributed by atoms with Crippen molar-refractivity contribution in [3.05, 3.63) is 76.2 Å². The van der Waals surface area contributed by atoms with E-state index in [1.807, 2.05) is 29.1 Å². The summed E-state index contributed by atoms with van der Waals surface area (Å²) in [6.45, 7) is 1.68. The van der Waals surface area contributed by atoms with Gasteiger partial charge in [0.2, 0.25) is 0 Å². The molecule has 0 spiro atoms. The van der Waals surface area contributed by atoms with Gasteiger partial charge in [-0.3, -0.25) is 4.90 Å². The van der Waals surface area contributed by atoms with Crippen LogP contribution in [0.2, 0.25) is 0 Å². The zero-order valence-electron chi connectivity index (χ0n) is 13.9. The molecule has 3 aromatic heterocycles. The summed E-state index contributed by atoms with van der Waals surface area (Å²) in [7, 11) is 2.11. The SMILES string of the molecule is CN(Cc1cnn(-c2ccccc2)c1)Cc1csc(-c2ccsc2)n1. The lowest BCUT2D eigenvalue weighted by atomic mass is 10.3. The van der Waals surface area contributed by atoms with Gasteiger partial charge < -0.3 is 0 Å². The van der Waals surface area contributed by atoms with E-state index in [0.29, 0.717) is 0 Å². The summed E-state index contributed by atoms with van der Waals surface area (Å²) >= 11 is 3.42. The van der Waals surface area contributed by atoms with Crippen molar-refractivity contribution >= 4 is 22.7 Å². The molecule has 4 rings (SSSR count). The van der Waals surface area contributed by atoms with Crippen molar-refractivity contribution in [3.8, 4) is 16.3 Å². The molecule has 0 aliphatic carbocycles. The summed E-state index contributed by atoms with van der Waals surface area (Å²) in [6, 6.07) is 12.3. The Morgan fingerprint density at radius 3 is 2.76 bits per heavy atom. The minimum atomic E-state index is 0.831. The molecule has 0 aliphatic rings. The number of thiophene rings is 1. The molecule has 0 atom stereocenters. The fourth-order valence-corrected chi connectivity index (χ4v) is 4.23. The molecular formula is C19H18N4S2. The molecule has 0 bridgehead atoms. The maximum atomic E-state index is 4.75. The van der Waals surface area contributed by atoms with Gasteiger partial charge >= 0.3 is 0 Å². The molecule has 4 nitrogen and oxygen atoms in total. The third-order valence-electron chi connectivity index (χ3n) is 3.86. The average molecular weight is 367 g/mol. The second-order valence-electron chi connectivity index (χ2n) is 5.96. The number of hydrogen-bond donors (Lipinski definition) is 0. The second kappa shape index (κ2) is 7.31. The molecule has 0 saturated heterocycles. The largest absolute Gasteiger partial charge is 0.296 e. The molecule has 1 aromatic carbocycles. The van der Waals surface area contributed by atoms with Crippen molar-refractivity contribution in [1.29, 1.82) is 0 Å². The highest BCUT2D eigenvalue weighted by molar-refractivity contribution is 7.14. The number of benzene rings is 1. The van der Waals surface area contributed by atoms with Gasteiger partial charge in [0.25, 0.3) is 0 Å². The quantitative estimate of drug-likeness (QED) is 0.496. The van der Waals surface area contributed by atoms with Gasteiger partial charge in [-0.1, -0.05) is 18.2 Å². The molecule has 25 heavy (non-hydrogen) atoms. The first kappa shape index (κ1) is 16.2. The van der Waals surface area contributed by atoms with Gasteiger partial charge in [0.1, 0.15) is 5.01 Å². The number of rotatable bonds is 6. The molecule has 0 unspecified atom stereocenters. The van der Waals surface area contributed by atoms with Gasteiger partial charge in [0.15, 0.2) is 0 Å². The third-order valence-corrected chi connectivity index (χ3v) is 5.48. The molecule has 3 heterocycles. The highest BCUT2D eigenvalue weighted by atomic mass is 32.1. The van der Waals surface area contributed by atoms with E-state index in [-0.39, 0.29) is 0 Å². The predicted molar refractivity (Wildman–Crippen MR) is 104 cm³/mol. The zero-order chi connectivity index (χ0) is 17.1. The van der Waals surface area contributed by atoms with Crippen molar-refractivity contribution in [2.75, 3.05) is 7.05 Å². The monoisotopic (exact) mass is 366 g/mol. The Morgan fingerprint density at radius 2 is 1.96 bits per heavy atom. The standard InChI is InChI=1S/C19H18N4S2/c1-22(12-17-14-25-19(21-17)16-7-8-24-13-16)10-15-9-20-23(11-15)18-5-3-2-4-6-18/h2-9,11,13-14H,10,12H2,1H3. The second-order valence-corrected chi connectivity index (χ2v) is 7.60. The third kappa shape index (κ3) is 3.87. The maximum absolute atomic E-state index is 4.75. The highest BCUT2D eigenvalue weighted by Crippen LogP contribution is 2.26. The first-order chi connectivity index (χ1) is 12.3. The molecule has 0 N–H and O–H groups in total. The van der Waals surface area contributed by atoms with Crippen LogP contribution in [-0.4, -0.2) is 26.7 Å². The van der Waals surface area contributed by atoms with E-state index < -0.39 is 0 Å². The Morgan fingerprint density at radius 1 is 1.08 bits per heavy atom. The minimum absolute atomic E-state index is 0.831. The predicted octanol–water partition coefficient (Wildman–Crippen LogP) is 4.69. The van der Waals surface area contributed by atoms with Crippen LogP contribution in [0.15, 0.2) is 64.9 Å². The molecule has 4 aromatic rings. The van der Waals surface area contributed by atoms with Crippen molar-refractivity contribution in [1.82, 2.24) is 19.7 Å². The van der Waals surface area contributed by atoms with E-state index in [2.05, 4.69) is 57.6 Å². The fourth-order valence-electron chi connectivity index (χ4n) is 2.71. The summed E-state index contributed by atoms with van der Waals surface area (Å²) in [4.78, 5) is 7.01. The van der Waals surface area contributed by atoms with Crippen LogP contribution in [0, 0.1) is 0 Å². The highest BCUT2D eigenvalue weighted by Gasteiger charge is 2.09. The first-order valence-electron chi connectivity index (χ1n) is 8.02. The van der Waals surface area contributed by atoms with Crippen molar-refractivity contribution < 1.29 is 0 Å². The summed E-state index contributed by atoms with van der Waals surface area (Å²) in [5.41, 5.74) is 4.60. The lowest BCUT2D eigenvalue weighted by molar-refractivity contribution is 0.316. The van der Waals surface area contributed by atoms with Crippen LogP contribution in [0.3, 0.4) is 0 Å². The summed E-state index contributed by atoms with van der Waals surface area (Å²) < 4.78 is 1.92. The molecule has 126 valence electrons. The summed E-state index contributed by atoms with van der Waals surface area (Å²) in [5.74, 6) is 0. The van der Waals surface area contributed by atoms with E-state index in [1.54, 1.807) is 22.7 Å². The minimum Gasteiger partial charge on any atom is -0.296 e. The Balaban J connectivity index is 1.39. The van der Waals surface area contributed by atoms with Crippen LogP contribution in [0.4, 0.5) is 0 Å². The molecule has 6 heteroatoms. The van der Waals surface area contributed by atoms with Crippen LogP contribution < -0.4 is 0 Å². The van der Waals surface area contributed by atoms with Gasteiger partial charge in [-0.25, -0.2) is 9.67 Å². The van der Waals surface area contributed by atoms with E-state index >= 15 is 0 Å². The van der Waals surface area contributed by atoms with Gasteiger partial charge in [-0.15, -0.1) is 11.3 Å². The number of aromatic nitrogens is 3. The van der Waals surface area contributed by atoms with Gasteiger partial charge in [-0.05, 0) is 30.6 Å². The lowest BCUT2D eigenvalue weighted by Gasteiger charge is -2.13. The first-order valence-corrected chi connectivity index (χ1v) is 9.85. The number of thiazole rings is 1. The van der Waals surface area contributed by atoms with E-state index in [0.717, 1.165) is 29.5 Å². The Kier molecular flexibility index (Phi) is 4.74. The van der Waals surface area contributed by atoms with Crippen molar-refractivity contribution in [2.24, 2.45) is 0 Å². The average Bonchev–Trinajstić information content (AvgIpc) is 3.37. The van der Waals surface area contributed by atoms with Gasteiger partial charge in [0.05, 0.1) is 17.6 Å².